The van der Waals surface area contributed by atoms with Gasteiger partial charge in [0.15, 0.2) is 0 Å². The standard InChI is InChI=1S/C14H20BrFN2O/c1-9(2)18-5-6-19-13(8-17)14(18)11-4-3-10(16)7-12(11)15/h3-4,7,9,13-14H,5-6,8,17H2,1-2H3. The van der Waals surface area contributed by atoms with Crippen molar-refractivity contribution in [3.8, 4) is 0 Å². The first-order valence-corrected chi connectivity index (χ1v) is 7.36. The molecule has 0 bridgehead atoms. The molecule has 19 heavy (non-hydrogen) atoms. The molecule has 5 heteroatoms. The highest BCUT2D eigenvalue weighted by molar-refractivity contribution is 9.10. The summed E-state index contributed by atoms with van der Waals surface area (Å²) < 4.78 is 19.8. The molecular weight excluding hydrogens is 311 g/mol. The molecule has 0 saturated carbocycles. The second-order valence-corrected chi connectivity index (χ2v) is 5.94. The van der Waals surface area contributed by atoms with Crippen LogP contribution in [0.25, 0.3) is 0 Å². The van der Waals surface area contributed by atoms with Crippen molar-refractivity contribution >= 4 is 15.9 Å². The fraction of sp³-hybridized carbons (Fsp3) is 0.571. The zero-order valence-electron chi connectivity index (χ0n) is 11.3. The second kappa shape index (κ2) is 6.31. The quantitative estimate of drug-likeness (QED) is 0.926. The summed E-state index contributed by atoms with van der Waals surface area (Å²) in [7, 11) is 0. The summed E-state index contributed by atoms with van der Waals surface area (Å²) in [5, 5.41) is 0. The van der Waals surface area contributed by atoms with Crippen LogP contribution in [0.4, 0.5) is 4.39 Å². The van der Waals surface area contributed by atoms with Crippen molar-refractivity contribution in [2.24, 2.45) is 5.73 Å². The van der Waals surface area contributed by atoms with Crippen LogP contribution < -0.4 is 5.73 Å². The minimum absolute atomic E-state index is 0.0575. The first-order valence-electron chi connectivity index (χ1n) is 6.57. The maximum Gasteiger partial charge on any atom is 0.124 e. The molecule has 2 atom stereocenters. The molecule has 1 fully saturated rings. The molecule has 2 unspecified atom stereocenters. The van der Waals surface area contributed by atoms with E-state index in [4.69, 9.17) is 10.5 Å². The van der Waals surface area contributed by atoms with Crippen molar-refractivity contribution in [1.29, 1.82) is 0 Å². The third-order valence-electron chi connectivity index (χ3n) is 3.57. The van der Waals surface area contributed by atoms with Gasteiger partial charge in [0.25, 0.3) is 0 Å². The van der Waals surface area contributed by atoms with Gasteiger partial charge in [0.05, 0.1) is 18.8 Å². The van der Waals surface area contributed by atoms with Crippen molar-refractivity contribution in [1.82, 2.24) is 4.90 Å². The van der Waals surface area contributed by atoms with Gasteiger partial charge >= 0.3 is 0 Å². The molecule has 1 aromatic carbocycles. The summed E-state index contributed by atoms with van der Waals surface area (Å²) in [6, 6.07) is 5.25. The third-order valence-corrected chi connectivity index (χ3v) is 4.25. The first kappa shape index (κ1) is 14.9. The van der Waals surface area contributed by atoms with E-state index in [0.29, 0.717) is 19.2 Å². The van der Waals surface area contributed by atoms with Crippen LogP contribution in [0.5, 0.6) is 0 Å². The molecule has 1 saturated heterocycles. The molecule has 0 aliphatic carbocycles. The summed E-state index contributed by atoms with van der Waals surface area (Å²) in [4.78, 5) is 2.36. The Labute approximate surface area is 122 Å². The van der Waals surface area contributed by atoms with Gasteiger partial charge in [0.1, 0.15) is 5.82 Å². The van der Waals surface area contributed by atoms with Crippen LogP contribution in [-0.2, 0) is 4.74 Å². The molecule has 106 valence electrons. The van der Waals surface area contributed by atoms with Crippen LogP contribution in [0, 0.1) is 5.82 Å². The van der Waals surface area contributed by atoms with Gasteiger partial charge in [-0.05, 0) is 31.5 Å². The van der Waals surface area contributed by atoms with E-state index >= 15 is 0 Å². The van der Waals surface area contributed by atoms with Crippen molar-refractivity contribution in [3.05, 3.63) is 34.1 Å². The highest BCUT2D eigenvalue weighted by Crippen LogP contribution is 2.35. The van der Waals surface area contributed by atoms with Gasteiger partial charge in [-0.2, -0.15) is 0 Å². The average Bonchev–Trinajstić information content (AvgIpc) is 2.38. The molecule has 1 aromatic rings. The Morgan fingerprint density at radius 1 is 1.53 bits per heavy atom. The maximum atomic E-state index is 13.2. The maximum absolute atomic E-state index is 13.2. The summed E-state index contributed by atoms with van der Waals surface area (Å²) in [5.41, 5.74) is 6.86. The fourth-order valence-electron chi connectivity index (χ4n) is 2.65. The molecule has 2 rings (SSSR count). The molecule has 1 heterocycles. The van der Waals surface area contributed by atoms with Crippen LogP contribution in [-0.4, -0.2) is 36.7 Å². The van der Waals surface area contributed by atoms with E-state index in [0.717, 1.165) is 16.6 Å². The van der Waals surface area contributed by atoms with Gasteiger partial charge in [-0.1, -0.05) is 22.0 Å². The molecule has 0 aromatic heterocycles. The average molecular weight is 331 g/mol. The van der Waals surface area contributed by atoms with E-state index in [9.17, 15) is 4.39 Å². The molecule has 0 radical (unpaired) electrons. The molecule has 0 spiro atoms. The largest absolute Gasteiger partial charge is 0.374 e. The highest BCUT2D eigenvalue weighted by Gasteiger charge is 2.35. The van der Waals surface area contributed by atoms with Crippen molar-refractivity contribution in [3.63, 3.8) is 0 Å². The van der Waals surface area contributed by atoms with E-state index in [1.807, 2.05) is 6.07 Å². The van der Waals surface area contributed by atoms with Gasteiger partial charge < -0.3 is 10.5 Å². The van der Waals surface area contributed by atoms with Crippen LogP contribution in [0.3, 0.4) is 0 Å². The highest BCUT2D eigenvalue weighted by atomic mass is 79.9. The zero-order valence-corrected chi connectivity index (χ0v) is 12.9. The monoisotopic (exact) mass is 330 g/mol. The van der Waals surface area contributed by atoms with Gasteiger partial charge in [-0.3, -0.25) is 4.90 Å². The van der Waals surface area contributed by atoms with E-state index in [1.54, 1.807) is 0 Å². The summed E-state index contributed by atoms with van der Waals surface area (Å²) in [5.74, 6) is -0.243. The Kier molecular flexibility index (Phi) is 4.95. The number of halogens is 2. The zero-order chi connectivity index (χ0) is 14.0. The molecule has 1 aliphatic rings. The minimum atomic E-state index is -0.243. The number of hydrogen-bond donors (Lipinski definition) is 1. The number of benzene rings is 1. The van der Waals surface area contributed by atoms with Crippen LogP contribution in [0.2, 0.25) is 0 Å². The van der Waals surface area contributed by atoms with E-state index in [1.165, 1.54) is 12.1 Å². The van der Waals surface area contributed by atoms with Gasteiger partial charge in [0.2, 0.25) is 0 Å². The minimum Gasteiger partial charge on any atom is -0.374 e. The first-order chi connectivity index (χ1) is 9.04. The molecule has 1 aliphatic heterocycles. The fourth-order valence-corrected chi connectivity index (χ4v) is 3.24. The number of ether oxygens (including phenoxy) is 1. The Morgan fingerprint density at radius 3 is 2.84 bits per heavy atom. The lowest BCUT2D eigenvalue weighted by Crippen LogP contribution is -2.50. The molecule has 3 nitrogen and oxygen atoms in total. The van der Waals surface area contributed by atoms with Gasteiger partial charge in [0, 0.05) is 23.6 Å². The smallest absolute Gasteiger partial charge is 0.124 e. The predicted molar refractivity (Wildman–Crippen MR) is 77.5 cm³/mol. The Bertz CT molecular complexity index is 441. The molecule has 2 N–H and O–H groups in total. The Balaban J connectivity index is 2.39. The number of rotatable bonds is 3. The lowest BCUT2D eigenvalue weighted by Gasteiger charge is -2.43. The Hall–Kier alpha value is -0.490. The van der Waals surface area contributed by atoms with E-state index < -0.39 is 0 Å². The normalized spacial score (nSPS) is 24.9. The lowest BCUT2D eigenvalue weighted by molar-refractivity contribution is -0.0791. The van der Waals surface area contributed by atoms with Crippen LogP contribution in [0.15, 0.2) is 22.7 Å². The second-order valence-electron chi connectivity index (χ2n) is 5.09. The topological polar surface area (TPSA) is 38.5 Å². The van der Waals surface area contributed by atoms with E-state index in [-0.39, 0.29) is 18.0 Å². The summed E-state index contributed by atoms with van der Waals surface area (Å²) >= 11 is 3.45. The molecule has 0 amide bonds. The number of nitrogens with two attached hydrogens (primary N) is 1. The van der Waals surface area contributed by atoms with Crippen molar-refractivity contribution in [2.75, 3.05) is 19.7 Å². The third kappa shape index (κ3) is 3.16. The number of morpholine rings is 1. The van der Waals surface area contributed by atoms with Crippen molar-refractivity contribution in [2.45, 2.75) is 32.0 Å². The van der Waals surface area contributed by atoms with Gasteiger partial charge in [-0.15, -0.1) is 0 Å². The van der Waals surface area contributed by atoms with E-state index in [2.05, 4.69) is 34.7 Å². The Morgan fingerprint density at radius 2 is 2.26 bits per heavy atom. The number of nitrogens with zero attached hydrogens (tertiary/aromatic N) is 1. The number of hydrogen-bond acceptors (Lipinski definition) is 3. The van der Waals surface area contributed by atoms with Crippen LogP contribution >= 0.6 is 15.9 Å². The lowest BCUT2D eigenvalue weighted by atomic mass is 9.96. The van der Waals surface area contributed by atoms with Gasteiger partial charge in [-0.25, -0.2) is 4.39 Å². The van der Waals surface area contributed by atoms with Crippen LogP contribution in [0.1, 0.15) is 25.5 Å². The van der Waals surface area contributed by atoms with Crippen molar-refractivity contribution < 1.29 is 9.13 Å². The molecular formula is C14H20BrFN2O. The predicted octanol–water partition coefficient (Wildman–Crippen LogP) is 2.70. The summed E-state index contributed by atoms with van der Waals surface area (Å²) in [6.45, 7) is 6.32. The summed E-state index contributed by atoms with van der Waals surface area (Å²) in [6.07, 6.45) is -0.0575. The SMILES string of the molecule is CC(C)N1CCOC(CN)C1c1ccc(F)cc1Br.